The maximum absolute atomic E-state index is 14.0. The Kier molecular flexibility index (Phi) is 4.05. The van der Waals surface area contributed by atoms with Crippen molar-refractivity contribution >= 4 is 26.5 Å². The molecule has 118 valence electrons. The van der Waals surface area contributed by atoms with Crippen LogP contribution in [0.2, 0.25) is 0 Å². The van der Waals surface area contributed by atoms with Crippen LogP contribution in [0.25, 0.3) is 10.8 Å². The molecule has 0 aliphatic heterocycles. The van der Waals surface area contributed by atoms with Gasteiger partial charge in [-0.2, -0.15) is 0 Å². The van der Waals surface area contributed by atoms with Crippen LogP contribution in [0, 0.1) is 5.82 Å². The van der Waals surface area contributed by atoms with Gasteiger partial charge in [0.05, 0.1) is 5.69 Å². The lowest BCUT2D eigenvalue weighted by Gasteiger charge is -2.24. The van der Waals surface area contributed by atoms with Gasteiger partial charge in [0, 0.05) is 11.9 Å². The Balaban J connectivity index is 2.21. The van der Waals surface area contributed by atoms with Gasteiger partial charge in [-0.05, 0) is 30.5 Å². The number of halogens is 1. The first-order valence-corrected chi connectivity index (χ1v) is 8.74. The lowest BCUT2D eigenvalue weighted by atomic mass is 10.1. The van der Waals surface area contributed by atoms with Crippen LogP contribution in [0.3, 0.4) is 0 Å². The van der Waals surface area contributed by atoms with Crippen molar-refractivity contribution in [2.45, 2.75) is 11.8 Å². The van der Waals surface area contributed by atoms with Gasteiger partial charge in [0.2, 0.25) is 0 Å². The summed E-state index contributed by atoms with van der Waals surface area (Å²) in [5.74, 6) is -0.744. The molecule has 0 N–H and O–H groups in total. The summed E-state index contributed by atoms with van der Waals surface area (Å²) in [7, 11) is -3.97. The zero-order valence-corrected chi connectivity index (χ0v) is 13.4. The smallest absolute Gasteiger partial charge is 0.266 e. The monoisotopic (exact) mass is 329 g/mol. The number of hydrogen-bond donors (Lipinski definition) is 0. The number of sulfonamides is 1. The zero-order chi connectivity index (χ0) is 16.4. The van der Waals surface area contributed by atoms with Crippen LogP contribution in [0.15, 0.2) is 71.6 Å². The molecule has 0 aliphatic rings. The van der Waals surface area contributed by atoms with E-state index in [2.05, 4.69) is 0 Å². The summed E-state index contributed by atoms with van der Waals surface area (Å²) >= 11 is 0. The van der Waals surface area contributed by atoms with Gasteiger partial charge < -0.3 is 0 Å². The molecule has 0 spiro atoms. The molecule has 3 aromatic rings. The van der Waals surface area contributed by atoms with Gasteiger partial charge in [-0.25, -0.2) is 12.8 Å². The van der Waals surface area contributed by atoms with Crippen molar-refractivity contribution in [2.75, 3.05) is 10.8 Å². The predicted molar refractivity (Wildman–Crippen MR) is 90.6 cm³/mol. The van der Waals surface area contributed by atoms with E-state index in [0.717, 1.165) is 16.8 Å². The largest absolute Gasteiger partial charge is 0.267 e. The van der Waals surface area contributed by atoms with Crippen molar-refractivity contribution in [2.24, 2.45) is 0 Å². The molecule has 3 nitrogen and oxygen atoms in total. The Morgan fingerprint density at radius 2 is 1.57 bits per heavy atom. The zero-order valence-electron chi connectivity index (χ0n) is 12.6. The second kappa shape index (κ2) is 6.01. The Morgan fingerprint density at radius 1 is 0.913 bits per heavy atom. The Labute approximate surface area is 135 Å². The SMILES string of the molecule is CCN(c1cccc2ccccc12)S(=O)(=O)c1ccccc1F. The molecule has 0 saturated carbocycles. The van der Waals surface area contributed by atoms with Crippen molar-refractivity contribution in [3.05, 3.63) is 72.5 Å². The molecule has 3 rings (SSSR count). The topological polar surface area (TPSA) is 37.4 Å². The van der Waals surface area contributed by atoms with Crippen LogP contribution >= 0.6 is 0 Å². The quantitative estimate of drug-likeness (QED) is 0.719. The molecule has 3 aromatic carbocycles. The van der Waals surface area contributed by atoms with Crippen molar-refractivity contribution in [3.8, 4) is 0 Å². The summed E-state index contributed by atoms with van der Waals surface area (Å²) in [4.78, 5) is -0.310. The van der Waals surface area contributed by atoms with E-state index in [1.165, 1.54) is 22.5 Å². The minimum atomic E-state index is -3.97. The number of hydrogen-bond acceptors (Lipinski definition) is 2. The Morgan fingerprint density at radius 3 is 2.30 bits per heavy atom. The Bertz CT molecular complexity index is 949. The molecule has 0 radical (unpaired) electrons. The van der Waals surface area contributed by atoms with Crippen molar-refractivity contribution in [3.63, 3.8) is 0 Å². The second-order valence-corrected chi connectivity index (χ2v) is 6.93. The molecule has 0 bridgehead atoms. The van der Waals surface area contributed by atoms with Crippen LogP contribution < -0.4 is 4.31 Å². The maximum Gasteiger partial charge on any atom is 0.267 e. The number of nitrogens with zero attached hydrogens (tertiary/aromatic N) is 1. The first-order valence-electron chi connectivity index (χ1n) is 7.30. The molecule has 0 unspecified atom stereocenters. The molecule has 0 saturated heterocycles. The van der Waals surface area contributed by atoms with E-state index in [0.29, 0.717) is 5.69 Å². The molecule has 23 heavy (non-hydrogen) atoms. The first kappa shape index (κ1) is 15.5. The molecule has 0 fully saturated rings. The van der Waals surface area contributed by atoms with Crippen molar-refractivity contribution in [1.82, 2.24) is 0 Å². The van der Waals surface area contributed by atoms with E-state index < -0.39 is 15.8 Å². The van der Waals surface area contributed by atoms with Gasteiger partial charge in [-0.1, -0.05) is 48.5 Å². The summed E-state index contributed by atoms with van der Waals surface area (Å²) in [6, 6.07) is 18.4. The van der Waals surface area contributed by atoms with Crippen molar-refractivity contribution in [1.29, 1.82) is 0 Å². The number of anilines is 1. The van der Waals surface area contributed by atoms with Crippen LogP contribution in [0.5, 0.6) is 0 Å². The normalized spacial score (nSPS) is 11.6. The predicted octanol–water partition coefficient (Wildman–Crippen LogP) is 4.19. The lowest BCUT2D eigenvalue weighted by molar-refractivity contribution is 0.564. The highest BCUT2D eigenvalue weighted by Crippen LogP contribution is 2.31. The van der Waals surface area contributed by atoms with E-state index >= 15 is 0 Å². The lowest BCUT2D eigenvalue weighted by Crippen LogP contribution is -2.31. The van der Waals surface area contributed by atoms with Crippen LogP contribution in [0.1, 0.15) is 6.92 Å². The third-order valence-electron chi connectivity index (χ3n) is 3.73. The average molecular weight is 329 g/mol. The number of fused-ring (bicyclic) bond motifs is 1. The number of rotatable bonds is 4. The van der Waals surface area contributed by atoms with E-state index in [-0.39, 0.29) is 11.4 Å². The summed E-state index contributed by atoms with van der Waals surface area (Å²) in [5, 5.41) is 1.75. The molecule has 0 aliphatic carbocycles. The van der Waals surface area contributed by atoms with Gasteiger partial charge in [0.25, 0.3) is 10.0 Å². The average Bonchev–Trinajstić information content (AvgIpc) is 2.56. The van der Waals surface area contributed by atoms with Crippen LogP contribution in [0.4, 0.5) is 10.1 Å². The Hall–Kier alpha value is -2.40. The van der Waals surface area contributed by atoms with Gasteiger partial charge >= 0.3 is 0 Å². The highest BCUT2D eigenvalue weighted by molar-refractivity contribution is 7.92. The fraction of sp³-hybridized carbons (Fsp3) is 0.111. The van der Waals surface area contributed by atoms with Crippen LogP contribution in [-0.2, 0) is 10.0 Å². The van der Waals surface area contributed by atoms with E-state index in [1.54, 1.807) is 19.1 Å². The summed E-state index contributed by atoms with van der Waals surface area (Å²) < 4.78 is 41.1. The fourth-order valence-corrected chi connectivity index (χ4v) is 4.23. The second-order valence-electron chi connectivity index (χ2n) is 5.10. The molecular formula is C18H16FNO2S. The molecule has 0 amide bonds. The van der Waals surface area contributed by atoms with Crippen LogP contribution in [-0.4, -0.2) is 15.0 Å². The van der Waals surface area contributed by atoms with Gasteiger partial charge in [0.15, 0.2) is 0 Å². The minimum Gasteiger partial charge on any atom is -0.266 e. The molecule has 0 atom stereocenters. The van der Waals surface area contributed by atoms with E-state index in [1.807, 2.05) is 30.3 Å². The standard InChI is InChI=1S/C18H16FNO2S/c1-2-20(23(21,22)18-13-6-5-11-16(18)19)17-12-7-9-14-8-3-4-10-15(14)17/h3-13H,2H2,1H3. The van der Waals surface area contributed by atoms with Gasteiger partial charge in [-0.15, -0.1) is 0 Å². The highest BCUT2D eigenvalue weighted by atomic mass is 32.2. The summed E-state index contributed by atoms with van der Waals surface area (Å²) in [5.41, 5.74) is 0.550. The third kappa shape index (κ3) is 2.68. The van der Waals surface area contributed by atoms with Gasteiger partial charge in [0.1, 0.15) is 10.7 Å². The first-order chi connectivity index (χ1) is 11.1. The molecule has 0 aromatic heterocycles. The van der Waals surface area contributed by atoms with E-state index in [9.17, 15) is 12.8 Å². The summed E-state index contributed by atoms with van der Waals surface area (Å²) in [6.45, 7) is 1.95. The van der Waals surface area contributed by atoms with Gasteiger partial charge in [-0.3, -0.25) is 4.31 Å². The van der Waals surface area contributed by atoms with E-state index in [4.69, 9.17) is 0 Å². The molecule has 0 heterocycles. The third-order valence-corrected chi connectivity index (χ3v) is 5.65. The molecular weight excluding hydrogens is 313 g/mol. The highest BCUT2D eigenvalue weighted by Gasteiger charge is 2.27. The molecule has 5 heteroatoms. The number of benzene rings is 3. The summed E-state index contributed by atoms with van der Waals surface area (Å²) in [6.07, 6.45) is 0. The van der Waals surface area contributed by atoms with Crippen molar-refractivity contribution < 1.29 is 12.8 Å². The minimum absolute atomic E-state index is 0.213. The fourth-order valence-electron chi connectivity index (χ4n) is 2.67. The maximum atomic E-state index is 14.0.